The summed E-state index contributed by atoms with van der Waals surface area (Å²) in [6, 6.07) is 5.70. The van der Waals surface area contributed by atoms with E-state index in [-0.39, 0.29) is 0 Å². The average molecular weight is 305 g/mol. The molecule has 0 aliphatic carbocycles. The quantitative estimate of drug-likeness (QED) is 0.814. The predicted octanol–water partition coefficient (Wildman–Crippen LogP) is 3.63. The summed E-state index contributed by atoms with van der Waals surface area (Å²) in [4.78, 5) is 0. The third-order valence-corrected chi connectivity index (χ3v) is 3.47. The van der Waals surface area contributed by atoms with Crippen LogP contribution in [0.2, 0.25) is 0 Å². The van der Waals surface area contributed by atoms with Gasteiger partial charge >= 0.3 is 0 Å². The van der Waals surface area contributed by atoms with Gasteiger partial charge in [-0.1, -0.05) is 28.9 Å². The van der Waals surface area contributed by atoms with Crippen molar-refractivity contribution in [2.45, 2.75) is 20.0 Å². The highest BCUT2D eigenvalue weighted by Gasteiger charge is 2.09. The molecule has 2 nitrogen and oxygen atoms in total. The number of aliphatic hydroxyl groups is 1. The molecule has 1 rings (SSSR count). The van der Waals surface area contributed by atoms with E-state index in [1.807, 2.05) is 30.0 Å². The Bertz CT molecular complexity index is 329. The Labute approximate surface area is 110 Å². The van der Waals surface area contributed by atoms with Gasteiger partial charge in [-0.15, -0.1) is 0 Å². The number of halogens is 1. The van der Waals surface area contributed by atoms with Crippen LogP contribution in [-0.4, -0.2) is 23.2 Å². The lowest BCUT2D eigenvalue weighted by atomic mass is 10.1. The summed E-state index contributed by atoms with van der Waals surface area (Å²) in [5.74, 6) is 2.84. The van der Waals surface area contributed by atoms with Crippen molar-refractivity contribution in [3.63, 3.8) is 0 Å². The van der Waals surface area contributed by atoms with Crippen molar-refractivity contribution in [1.82, 2.24) is 0 Å². The second kappa shape index (κ2) is 7.20. The maximum absolute atomic E-state index is 9.60. The SMILES string of the molecule is CCSCCOc1cc(Br)ccc1[C@@H](C)O. The summed E-state index contributed by atoms with van der Waals surface area (Å²) < 4.78 is 6.64. The average Bonchev–Trinajstić information content (AvgIpc) is 2.24. The van der Waals surface area contributed by atoms with Crippen LogP contribution in [-0.2, 0) is 0 Å². The highest BCUT2D eigenvalue weighted by molar-refractivity contribution is 9.10. The van der Waals surface area contributed by atoms with Crippen molar-refractivity contribution in [2.75, 3.05) is 18.1 Å². The highest BCUT2D eigenvalue weighted by atomic mass is 79.9. The summed E-state index contributed by atoms with van der Waals surface area (Å²) in [5, 5.41) is 9.60. The molecule has 4 heteroatoms. The van der Waals surface area contributed by atoms with Crippen molar-refractivity contribution in [2.24, 2.45) is 0 Å². The fourth-order valence-corrected chi connectivity index (χ4v) is 2.16. The van der Waals surface area contributed by atoms with Gasteiger partial charge in [-0.25, -0.2) is 0 Å². The molecular weight excluding hydrogens is 288 g/mol. The van der Waals surface area contributed by atoms with Crippen molar-refractivity contribution < 1.29 is 9.84 Å². The second-order valence-electron chi connectivity index (χ2n) is 3.40. The Morgan fingerprint density at radius 3 is 2.88 bits per heavy atom. The Kier molecular flexibility index (Phi) is 6.24. The zero-order chi connectivity index (χ0) is 12.0. The van der Waals surface area contributed by atoms with Gasteiger partial charge in [0.15, 0.2) is 0 Å². The summed E-state index contributed by atoms with van der Waals surface area (Å²) >= 11 is 5.25. The summed E-state index contributed by atoms with van der Waals surface area (Å²) in [6.07, 6.45) is -0.498. The maximum Gasteiger partial charge on any atom is 0.126 e. The number of rotatable bonds is 6. The number of hydrogen-bond donors (Lipinski definition) is 1. The standard InChI is InChI=1S/C12H17BrO2S/c1-3-16-7-6-15-12-8-10(13)4-5-11(12)9(2)14/h4-5,8-9,14H,3,6-7H2,1-2H3/t9-/m1/s1. The summed E-state index contributed by atoms with van der Waals surface area (Å²) in [6.45, 7) is 4.55. The Morgan fingerprint density at radius 2 is 2.25 bits per heavy atom. The van der Waals surface area contributed by atoms with Crippen molar-refractivity contribution in [1.29, 1.82) is 0 Å². The van der Waals surface area contributed by atoms with Gasteiger partial charge in [0, 0.05) is 15.8 Å². The molecule has 0 bridgehead atoms. The molecule has 0 radical (unpaired) electrons. The molecule has 0 saturated carbocycles. The molecule has 1 atom stereocenters. The topological polar surface area (TPSA) is 29.5 Å². The van der Waals surface area contributed by atoms with Crippen LogP contribution in [0.3, 0.4) is 0 Å². The lowest BCUT2D eigenvalue weighted by Gasteiger charge is -2.13. The third-order valence-electron chi connectivity index (χ3n) is 2.12. The molecule has 90 valence electrons. The lowest BCUT2D eigenvalue weighted by molar-refractivity contribution is 0.192. The molecule has 0 spiro atoms. The van der Waals surface area contributed by atoms with E-state index in [0.717, 1.165) is 27.3 Å². The first-order valence-electron chi connectivity index (χ1n) is 5.33. The van der Waals surface area contributed by atoms with Gasteiger partial charge in [-0.05, 0) is 24.8 Å². The lowest BCUT2D eigenvalue weighted by Crippen LogP contribution is -2.04. The number of aliphatic hydroxyl groups excluding tert-OH is 1. The van der Waals surface area contributed by atoms with Crippen LogP contribution in [0.5, 0.6) is 5.75 Å². The van der Waals surface area contributed by atoms with E-state index < -0.39 is 6.10 Å². The molecule has 0 unspecified atom stereocenters. The minimum Gasteiger partial charge on any atom is -0.492 e. The number of hydrogen-bond acceptors (Lipinski definition) is 3. The minimum atomic E-state index is -0.498. The normalized spacial score (nSPS) is 12.5. The molecule has 0 amide bonds. The first-order chi connectivity index (χ1) is 7.65. The first-order valence-corrected chi connectivity index (χ1v) is 7.28. The van der Waals surface area contributed by atoms with Crippen molar-refractivity contribution >= 4 is 27.7 Å². The van der Waals surface area contributed by atoms with Gasteiger partial charge in [-0.3, -0.25) is 0 Å². The van der Waals surface area contributed by atoms with Crippen molar-refractivity contribution in [3.8, 4) is 5.75 Å². The van der Waals surface area contributed by atoms with Crippen molar-refractivity contribution in [3.05, 3.63) is 28.2 Å². The molecule has 1 aromatic carbocycles. The van der Waals surface area contributed by atoms with Gasteiger partial charge in [0.05, 0.1) is 12.7 Å². The number of benzene rings is 1. The molecule has 0 heterocycles. The Balaban J connectivity index is 2.65. The molecule has 0 fully saturated rings. The molecule has 0 saturated heterocycles. The third kappa shape index (κ3) is 4.36. The molecule has 1 aromatic rings. The molecule has 0 aromatic heterocycles. The predicted molar refractivity (Wildman–Crippen MR) is 73.3 cm³/mol. The largest absolute Gasteiger partial charge is 0.492 e. The van der Waals surface area contributed by atoms with Crippen LogP contribution in [0.15, 0.2) is 22.7 Å². The first kappa shape index (κ1) is 13.9. The summed E-state index contributed by atoms with van der Waals surface area (Å²) in [7, 11) is 0. The fraction of sp³-hybridized carbons (Fsp3) is 0.500. The Hall–Kier alpha value is -0.190. The van der Waals surface area contributed by atoms with Gasteiger partial charge in [0.2, 0.25) is 0 Å². The maximum atomic E-state index is 9.60. The van der Waals surface area contributed by atoms with Crippen LogP contribution in [0, 0.1) is 0 Å². The van der Waals surface area contributed by atoms with Crippen LogP contribution in [0.1, 0.15) is 25.5 Å². The number of thioether (sulfide) groups is 1. The zero-order valence-corrected chi connectivity index (χ0v) is 12.0. The van der Waals surface area contributed by atoms with Crippen LogP contribution in [0.4, 0.5) is 0 Å². The monoisotopic (exact) mass is 304 g/mol. The molecule has 0 aliphatic rings. The van der Waals surface area contributed by atoms with E-state index >= 15 is 0 Å². The van der Waals surface area contributed by atoms with E-state index in [0.29, 0.717) is 6.61 Å². The number of ether oxygens (including phenoxy) is 1. The van der Waals surface area contributed by atoms with E-state index in [2.05, 4.69) is 22.9 Å². The van der Waals surface area contributed by atoms with E-state index in [1.54, 1.807) is 6.92 Å². The second-order valence-corrected chi connectivity index (χ2v) is 5.71. The molecule has 16 heavy (non-hydrogen) atoms. The van der Waals surface area contributed by atoms with E-state index in [4.69, 9.17) is 4.74 Å². The van der Waals surface area contributed by atoms with Gasteiger partial charge in [0.1, 0.15) is 5.75 Å². The smallest absolute Gasteiger partial charge is 0.126 e. The van der Waals surface area contributed by atoms with Gasteiger partial charge in [-0.2, -0.15) is 11.8 Å². The minimum absolute atomic E-state index is 0.498. The van der Waals surface area contributed by atoms with E-state index in [1.165, 1.54) is 0 Å². The Morgan fingerprint density at radius 1 is 1.50 bits per heavy atom. The molecular formula is C12H17BrO2S. The van der Waals surface area contributed by atoms with Crippen LogP contribution >= 0.6 is 27.7 Å². The van der Waals surface area contributed by atoms with Crippen LogP contribution in [0.25, 0.3) is 0 Å². The van der Waals surface area contributed by atoms with E-state index in [9.17, 15) is 5.11 Å². The van der Waals surface area contributed by atoms with Gasteiger partial charge < -0.3 is 9.84 Å². The molecule has 0 aliphatic heterocycles. The fourth-order valence-electron chi connectivity index (χ4n) is 1.33. The van der Waals surface area contributed by atoms with Crippen LogP contribution < -0.4 is 4.74 Å². The molecule has 1 N–H and O–H groups in total. The van der Waals surface area contributed by atoms with Gasteiger partial charge in [0.25, 0.3) is 0 Å². The zero-order valence-electron chi connectivity index (χ0n) is 9.57. The highest BCUT2D eigenvalue weighted by Crippen LogP contribution is 2.28. The summed E-state index contributed by atoms with van der Waals surface area (Å²) in [5.41, 5.74) is 0.838.